The number of rotatable bonds is 4. The van der Waals surface area contributed by atoms with Crippen molar-refractivity contribution in [1.29, 1.82) is 0 Å². The van der Waals surface area contributed by atoms with Gasteiger partial charge < -0.3 is 9.13 Å². The first kappa shape index (κ1) is 26.7. The summed E-state index contributed by atoms with van der Waals surface area (Å²) in [6.07, 6.45) is 0. The van der Waals surface area contributed by atoms with Gasteiger partial charge in [-0.25, -0.2) is 9.97 Å². The number of fused-ring (bicyclic) bond motifs is 7. The minimum absolute atomic E-state index is 0.718. The average Bonchev–Trinajstić information content (AvgIpc) is 3.66. The minimum atomic E-state index is 0.718. The van der Waals surface area contributed by atoms with Crippen molar-refractivity contribution in [3.05, 3.63) is 170 Å². The number of para-hydroxylation sites is 4. The van der Waals surface area contributed by atoms with Crippen LogP contribution in [0.5, 0.6) is 0 Å². The van der Waals surface area contributed by atoms with E-state index in [2.05, 4.69) is 161 Å². The molecule has 0 fully saturated rings. The summed E-state index contributed by atoms with van der Waals surface area (Å²) in [5, 5.41) is 6.03. The van der Waals surface area contributed by atoms with Gasteiger partial charge in [0.05, 0.1) is 33.3 Å². The SMILES string of the molecule is c1ccc(-c2nc(-c3ccc(-n4c5ccccc5c5cc6c7ccccc7n(-c7ccccc7)c6cc54)cc3)nc3ccccc23)cc1. The van der Waals surface area contributed by atoms with Crippen molar-refractivity contribution >= 4 is 54.5 Å². The molecule has 0 unspecified atom stereocenters. The molecule has 10 aromatic rings. The van der Waals surface area contributed by atoms with Crippen LogP contribution in [-0.2, 0) is 0 Å². The van der Waals surface area contributed by atoms with Gasteiger partial charge in [0.2, 0.25) is 0 Å². The Labute approximate surface area is 276 Å². The highest BCUT2D eigenvalue weighted by Crippen LogP contribution is 2.40. The lowest BCUT2D eigenvalue weighted by atomic mass is 10.1. The van der Waals surface area contributed by atoms with Gasteiger partial charge >= 0.3 is 0 Å². The van der Waals surface area contributed by atoms with Crippen LogP contribution in [0.4, 0.5) is 0 Å². The van der Waals surface area contributed by atoms with Crippen LogP contribution < -0.4 is 0 Å². The first-order chi connectivity index (χ1) is 23.8. The summed E-state index contributed by atoms with van der Waals surface area (Å²) in [6, 6.07) is 60.1. The van der Waals surface area contributed by atoms with Crippen molar-refractivity contribution in [3.8, 4) is 34.0 Å². The second kappa shape index (κ2) is 10.5. The molecule has 3 heterocycles. The molecule has 48 heavy (non-hydrogen) atoms. The fourth-order valence-corrected chi connectivity index (χ4v) is 7.35. The van der Waals surface area contributed by atoms with Gasteiger partial charge in [-0.3, -0.25) is 0 Å². The van der Waals surface area contributed by atoms with Gasteiger partial charge in [0.1, 0.15) is 0 Å². The van der Waals surface area contributed by atoms with Gasteiger partial charge in [0.25, 0.3) is 0 Å². The van der Waals surface area contributed by atoms with Gasteiger partial charge in [-0.2, -0.15) is 0 Å². The maximum absolute atomic E-state index is 5.11. The Balaban J connectivity index is 1.18. The van der Waals surface area contributed by atoms with E-state index in [0.29, 0.717) is 0 Å². The Kier molecular flexibility index (Phi) is 5.84. The molecule has 0 atom stereocenters. The highest BCUT2D eigenvalue weighted by Gasteiger charge is 2.19. The molecule has 4 nitrogen and oxygen atoms in total. The molecule has 7 aromatic carbocycles. The Morgan fingerprint density at radius 3 is 1.50 bits per heavy atom. The molecule has 3 aromatic heterocycles. The fraction of sp³-hybridized carbons (Fsp3) is 0. The molecule has 0 aliphatic rings. The van der Waals surface area contributed by atoms with Crippen molar-refractivity contribution < 1.29 is 0 Å². The number of benzene rings is 7. The smallest absolute Gasteiger partial charge is 0.160 e. The van der Waals surface area contributed by atoms with Crippen LogP contribution in [0.25, 0.3) is 88.5 Å². The monoisotopic (exact) mass is 612 g/mol. The second-order valence-corrected chi connectivity index (χ2v) is 12.3. The van der Waals surface area contributed by atoms with Crippen LogP contribution in [0.2, 0.25) is 0 Å². The third-order valence-corrected chi connectivity index (χ3v) is 9.51. The van der Waals surface area contributed by atoms with E-state index < -0.39 is 0 Å². The summed E-state index contributed by atoms with van der Waals surface area (Å²) >= 11 is 0. The second-order valence-electron chi connectivity index (χ2n) is 12.3. The van der Waals surface area contributed by atoms with Gasteiger partial charge in [0, 0.05) is 49.4 Å². The third kappa shape index (κ3) is 4.03. The van der Waals surface area contributed by atoms with Crippen molar-refractivity contribution in [2.24, 2.45) is 0 Å². The van der Waals surface area contributed by atoms with Crippen LogP contribution in [0.1, 0.15) is 0 Å². The van der Waals surface area contributed by atoms with E-state index >= 15 is 0 Å². The van der Waals surface area contributed by atoms with Crippen LogP contribution in [0.15, 0.2) is 170 Å². The number of aromatic nitrogens is 4. The molecular formula is C44H28N4. The number of hydrogen-bond acceptors (Lipinski definition) is 2. The molecule has 224 valence electrons. The summed E-state index contributed by atoms with van der Waals surface area (Å²) < 4.78 is 4.77. The van der Waals surface area contributed by atoms with Crippen LogP contribution in [0, 0.1) is 0 Å². The summed E-state index contributed by atoms with van der Waals surface area (Å²) in [5.74, 6) is 0.718. The minimum Gasteiger partial charge on any atom is -0.309 e. The topological polar surface area (TPSA) is 35.6 Å². The van der Waals surface area contributed by atoms with Crippen molar-refractivity contribution in [3.63, 3.8) is 0 Å². The van der Waals surface area contributed by atoms with E-state index in [1.165, 1.54) is 43.6 Å². The molecular weight excluding hydrogens is 585 g/mol. The Hall–Kier alpha value is -6.52. The van der Waals surface area contributed by atoms with Crippen LogP contribution >= 0.6 is 0 Å². The lowest BCUT2D eigenvalue weighted by Crippen LogP contribution is -1.97. The summed E-state index contributed by atoms with van der Waals surface area (Å²) in [7, 11) is 0. The normalized spacial score (nSPS) is 11.8. The molecule has 0 radical (unpaired) electrons. The van der Waals surface area contributed by atoms with Gasteiger partial charge in [-0.15, -0.1) is 0 Å². The van der Waals surface area contributed by atoms with E-state index in [4.69, 9.17) is 9.97 Å². The zero-order valence-electron chi connectivity index (χ0n) is 26.0. The van der Waals surface area contributed by atoms with E-state index in [0.717, 1.165) is 44.9 Å². The lowest BCUT2D eigenvalue weighted by Gasteiger charge is -2.12. The first-order valence-corrected chi connectivity index (χ1v) is 16.3. The van der Waals surface area contributed by atoms with Gasteiger partial charge in [0.15, 0.2) is 5.82 Å². The molecule has 0 saturated carbocycles. The van der Waals surface area contributed by atoms with Crippen molar-refractivity contribution in [2.45, 2.75) is 0 Å². The third-order valence-electron chi connectivity index (χ3n) is 9.51. The fourth-order valence-electron chi connectivity index (χ4n) is 7.35. The largest absolute Gasteiger partial charge is 0.309 e. The molecule has 0 bridgehead atoms. The zero-order valence-corrected chi connectivity index (χ0v) is 26.0. The summed E-state index contributed by atoms with van der Waals surface area (Å²) in [6.45, 7) is 0. The molecule has 0 saturated heterocycles. The number of hydrogen-bond donors (Lipinski definition) is 0. The molecule has 0 spiro atoms. The first-order valence-electron chi connectivity index (χ1n) is 16.3. The molecule has 10 rings (SSSR count). The summed E-state index contributed by atoms with van der Waals surface area (Å²) in [5.41, 5.74) is 10.9. The van der Waals surface area contributed by atoms with Gasteiger partial charge in [-0.1, -0.05) is 103 Å². The number of nitrogens with zero attached hydrogens (tertiary/aromatic N) is 4. The highest BCUT2D eigenvalue weighted by atomic mass is 15.0. The highest BCUT2D eigenvalue weighted by molar-refractivity contribution is 6.19. The standard InChI is InChI=1S/C44H28N4/c1-3-13-29(14-4-1)43-35-19-7-10-20-38(35)45-44(46-43)30-23-25-32(26-24-30)48-40-22-12-9-18-34(40)37-27-36-33-17-8-11-21-39(33)47(41(36)28-42(37)48)31-15-5-2-6-16-31/h1-28H. The quantitative estimate of drug-likeness (QED) is 0.198. The Morgan fingerprint density at radius 1 is 0.333 bits per heavy atom. The van der Waals surface area contributed by atoms with Gasteiger partial charge in [-0.05, 0) is 66.7 Å². The molecule has 0 amide bonds. The molecule has 0 aliphatic heterocycles. The van der Waals surface area contributed by atoms with E-state index in [1.54, 1.807) is 0 Å². The maximum Gasteiger partial charge on any atom is 0.160 e. The zero-order chi connectivity index (χ0) is 31.6. The molecule has 4 heteroatoms. The van der Waals surface area contributed by atoms with Crippen molar-refractivity contribution in [1.82, 2.24) is 19.1 Å². The molecule has 0 N–H and O–H groups in total. The van der Waals surface area contributed by atoms with Crippen molar-refractivity contribution in [2.75, 3.05) is 0 Å². The predicted molar refractivity (Wildman–Crippen MR) is 199 cm³/mol. The average molecular weight is 613 g/mol. The maximum atomic E-state index is 5.11. The van der Waals surface area contributed by atoms with E-state index in [9.17, 15) is 0 Å². The van der Waals surface area contributed by atoms with E-state index in [-0.39, 0.29) is 0 Å². The van der Waals surface area contributed by atoms with Crippen LogP contribution in [0.3, 0.4) is 0 Å². The molecule has 0 aliphatic carbocycles. The van der Waals surface area contributed by atoms with E-state index in [1.807, 2.05) is 18.2 Å². The summed E-state index contributed by atoms with van der Waals surface area (Å²) in [4.78, 5) is 10.1. The lowest BCUT2D eigenvalue weighted by molar-refractivity contribution is 1.16. The van der Waals surface area contributed by atoms with Crippen LogP contribution in [-0.4, -0.2) is 19.1 Å². The Morgan fingerprint density at radius 2 is 0.854 bits per heavy atom. The predicted octanol–water partition coefficient (Wildman–Crippen LogP) is 11.2. The Bertz CT molecular complexity index is 2810.